The molecule has 1 aromatic heterocycles. The van der Waals surface area contributed by atoms with E-state index in [4.69, 9.17) is 19.0 Å². The molecule has 3 aliphatic rings. The first-order valence-electron chi connectivity index (χ1n) is 11.0. The van der Waals surface area contributed by atoms with E-state index in [0.29, 0.717) is 23.9 Å². The fourth-order valence-electron chi connectivity index (χ4n) is 4.20. The van der Waals surface area contributed by atoms with Crippen molar-refractivity contribution >= 4 is 30.0 Å². The van der Waals surface area contributed by atoms with Gasteiger partial charge in [-0.15, -0.1) is 10.2 Å². The Bertz CT molecular complexity index is 998. The van der Waals surface area contributed by atoms with E-state index in [0.717, 1.165) is 5.57 Å². The number of rotatable bonds is 5. The minimum absolute atomic E-state index is 0.0786. The lowest BCUT2D eigenvalue weighted by molar-refractivity contribution is -0.223. The molecular weight excluding hydrogens is 466 g/mol. The molecule has 2 saturated heterocycles. The quantitative estimate of drug-likeness (QED) is 0.367. The van der Waals surface area contributed by atoms with Crippen LogP contribution in [-0.4, -0.2) is 78.9 Å². The van der Waals surface area contributed by atoms with Crippen LogP contribution in [0.2, 0.25) is 0 Å². The molecule has 0 aromatic carbocycles. The Kier molecular flexibility index (Phi) is 6.27. The summed E-state index contributed by atoms with van der Waals surface area (Å²) in [6, 6.07) is -1.02. The molecule has 3 atom stereocenters. The van der Waals surface area contributed by atoms with E-state index in [1.807, 2.05) is 0 Å². The molecule has 3 aliphatic heterocycles. The van der Waals surface area contributed by atoms with E-state index < -0.39 is 29.6 Å². The molecule has 2 fully saturated rings. The van der Waals surface area contributed by atoms with Crippen molar-refractivity contribution in [3.8, 4) is 0 Å². The number of hydroxylamine groups is 2. The van der Waals surface area contributed by atoms with Crippen molar-refractivity contribution in [3.05, 3.63) is 17.8 Å². The molecule has 186 valence electrons. The van der Waals surface area contributed by atoms with Crippen LogP contribution in [-0.2, 0) is 23.8 Å². The van der Waals surface area contributed by atoms with Gasteiger partial charge in [0.15, 0.2) is 0 Å². The highest BCUT2D eigenvalue weighted by Gasteiger charge is 2.64. The van der Waals surface area contributed by atoms with Gasteiger partial charge in [-0.1, -0.05) is 11.8 Å². The van der Waals surface area contributed by atoms with Crippen LogP contribution in [0, 0.1) is 5.92 Å². The zero-order valence-electron chi connectivity index (χ0n) is 20.0. The van der Waals surface area contributed by atoms with Crippen molar-refractivity contribution in [2.24, 2.45) is 5.92 Å². The van der Waals surface area contributed by atoms with Gasteiger partial charge in [-0.3, -0.25) is 14.8 Å². The first kappa shape index (κ1) is 24.3. The first-order chi connectivity index (χ1) is 15.8. The number of amides is 1. The molecule has 0 spiro atoms. The molecule has 0 radical (unpaired) electrons. The SMILES string of the molecule is CC(C)(C)OC(=O)OC1=C(CSc2nc[nH]n2)C2CCN(OC(=O)OC(C)(C)C)[C@@H]3C(=O)N1[C@H]23. The number of carbonyl (C=O) groups is 3. The summed E-state index contributed by atoms with van der Waals surface area (Å²) in [5.41, 5.74) is -0.686. The normalized spacial score (nSPS) is 24.5. The Morgan fingerprint density at radius 2 is 1.82 bits per heavy atom. The van der Waals surface area contributed by atoms with Crippen molar-refractivity contribution in [2.75, 3.05) is 12.3 Å². The molecule has 13 heteroatoms. The van der Waals surface area contributed by atoms with Gasteiger partial charge in [0, 0.05) is 23.8 Å². The van der Waals surface area contributed by atoms with E-state index in [-0.39, 0.29) is 23.8 Å². The van der Waals surface area contributed by atoms with E-state index in [1.165, 1.54) is 28.1 Å². The number of thioether (sulfide) groups is 1. The zero-order valence-corrected chi connectivity index (χ0v) is 20.8. The minimum atomic E-state index is -0.889. The van der Waals surface area contributed by atoms with Gasteiger partial charge in [0.05, 0.1) is 6.04 Å². The van der Waals surface area contributed by atoms with E-state index in [9.17, 15) is 14.4 Å². The van der Waals surface area contributed by atoms with Gasteiger partial charge in [0.2, 0.25) is 11.0 Å². The minimum Gasteiger partial charge on any atom is -0.428 e. The molecule has 0 saturated carbocycles. The molecule has 34 heavy (non-hydrogen) atoms. The Balaban J connectivity index is 1.53. The average molecular weight is 496 g/mol. The number of hydrogen-bond donors (Lipinski definition) is 1. The van der Waals surface area contributed by atoms with Gasteiger partial charge in [0.1, 0.15) is 23.6 Å². The molecule has 4 heterocycles. The van der Waals surface area contributed by atoms with Crippen molar-refractivity contribution in [1.29, 1.82) is 0 Å². The van der Waals surface area contributed by atoms with E-state index in [2.05, 4.69) is 15.2 Å². The number of nitrogens with zero attached hydrogens (tertiary/aromatic N) is 4. The summed E-state index contributed by atoms with van der Waals surface area (Å²) in [7, 11) is 0. The van der Waals surface area contributed by atoms with Gasteiger partial charge < -0.3 is 19.0 Å². The van der Waals surface area contributed by atoms with Gasteiger partial charge in [-0.25, -0.2) is 14.6 Å². The van der Waals surface area contributed by atoms with Crippen LogP contribution < -0.4 is 0 Å². The largest absolute Gasteiger partial charge is 0.528 e. The van der Waals surface area contributed by atoms with Crippen LogP contribution in [0.5, 0.6) is 0 Å². The van der Waals surface area contributed by atoms with Gasteiger partial charge in [-0.2, -0.15) is 0 Å². The number of ether oxygens (including phenoxy) is 3. The summed E-state index contributed by atoms with van der Waals surface area (Å²) in [5.74, 6) is 0.188. The fraction of sp³-hybridized carbons (Fsp3) is 0.667. The fourth-order valence-corrected chi connectivity index (χ4v) is 5.07. The van der Waals surface area contributed by atoms with E-state index >= 15 is 0 Å². The van der Waals surface area contributed by atoms with Crippen molar-refractivity contribution in [1.82, 2.24) is 25.1 Å². The average Bonchev–Trinajstić information content (AvgIpc) is 3.27. The monoisotopic (exact) mass is 495 g/mol. The summed E-state index contributed by atoms with van der Waals surface area (Å²) >= 11 is 1.36. The number of carbonyl (C=O) groups excluding carboxylic acids is 3. The lowest BCUT2D eigenvalue weighted by Crippen LogP contribution is -2.72. The van der Waals surface area contributed by atoms with Crippen molar-refractivity contribution in [2.45, 2.75) is 76.4 Å². The van der Waals surface area contributed by atoms with Crippen LogP contribution in [0.25, 0.3) is 0 Å². The predicted molar refractivity (Wildman–Crippen MR) is 118 cm³/mol. The molecule has 1 unspecified atom stereocenters. The Labute approximate surface area is 201 Å². The van der Waals surface area contributed by atoms with Crippen LogP contribution in [0.1, 0.15) is 48.0 Å². The zero-order chi connectivity index (χ0) is 24.8. The number of H-pyrrole nitrogens is 1. The van der Waals surface area contributed by atoms with Gasteiger partial charge in [0.25, 0.3) is 5.91 Å². The Morgan fingerprint density at radius 1 is 1.15 bits per heavy atom. The lowest BCUT2D eigenvalue weighted by atomic mass is 9.79. The number of β-lactam (4-membered cyclic amide) rings is 1. The topological polar surface area (TPSA) is 136 Å². The summed E-state index contributed by atoms with van der Waals surface area (Å²) in [6.45, 7) is 10.7. The standard InChI is InChI=1S/C21H29N5O7S/c1-20(2,3)31-18(28)30-16-12(9-34-17-22-10-23-24-17)11-7-8-25(14-13(11)26(16)15(14)27)33-19(29)32-21(4,5)6/h10-11,13-14H,7-9H2,1-6H3,(H,22,23,24)/t11?,13-,14+/m1/s1. The second kappa shape index (κ2) is 8.77. The highest BCUT2D eigenvalue weighted by molar-refractivity contribution is 7.99. The third kappa shape index (κ3) is 4.99. The van der Waals surface area contributed by atoms with Crippen LogP contribution >= 0.6 is 11.8 Å². The Hall–Kier alpha value is -2.80. The maximum absolute atomic E-state index is 13.1. The van der Waals surface area contributed by atoms with Crippen molar-refractivity contribution in [3.63, 3.8) is 0 Å². The first-order valence-corrected chi connectivity index (χ1v) is 12.0. The highest BCUT2D eigenvalue weighted by Crippen LogP contribution is 2.50. The van der Waals surface area contributed by atoms with E-state index in [1.54, 1.807) is 41.5 Å². The predicted octanol–water partition coefficient (Wildman–Crippen LogP) is 2.84. The van der Waals surface area contributed by atoms with Gasteiger partial charge in [-0.05, 0) is 48.0 Å². The van der Waals surface area contributed by atoms with Crippen LogP contribution in [0.4, 0.5) is 9.59 Å². The maximum Gasteiger partial charge on any atom is 0.528 e. The van der Waals surface area contributed by atoms with Crippen molar-refractivity contribution < 1.29 is 33.4 Å². The summed E-state index contributed by atoms with van der Waals surface area (Å²) < 4.78 is 16.1. The third-order valence-electron chi connectivity index (χ3n) is 5.34. The van der Waals surface area contributed by atoms with Crippen LogP contribution in [0.3, 0.4) is 0 Å². The summed E-state index contributed by atoms with van der Waals surface area (Å²) in [4.78, 5) is 48.7. The smallest absolute Gasteiger partial charge is 0.428 e. The molecule has 1 N–H and O–H groups in total. The molecule has 1 amide bonds. The van der Waals surface area contributed by atoms with Crippen LogP contribution in [0.15, 0.2) is 22.9 Å². The summed E-state index contributed by atoms with van der Waals surface area (Å²) in [5, 5.41) is 8.61. The number of hydrogen-bond acceptors (Lipinski definition) is 11. The Morgan fingerprint density at radius 3 is 2.44 bits per heavy atom. The number of aromatic nitrogens is 3. The van der Waals surface area contributed by atoms with Gasteiger partial charge >= 0.3 is 12.3 Å². The molecule has 1 aromatic rings. The highest BCUT2D eigenvalue weighted by atomic mass is 32.2. The number of nitrogens with one attached hydrogen (secondary N) is 1. The molecule has 12 nitrogen and oxygen atoms in total. The second-order valence-electron chi connectivity index (χ2n) is 10.2. The molecule has 4 rings (SSSR count). The molecule has 0 aliphatic carbocycles. The third-order valence-corrected chi connectivity index (χ3v) is 6.25. The molecule has 0 bridgehead atoms. The molecular formula is C21H29N5O7S. The number of aromatic amines is 1. The second-order valence-corrected chi connectivity index (χ2v) is 11.1. The lowest BCUT2D eigenvalue weighted by Gasteiger charge is -2.51. The summed E-state index contributed by atoms with van der Waals surface area (Å²) in [6.07, 6.45) is 0.301. The number of piperidine rings is 1. The maximum atomic E-state index is 13.1.